The Labute approximate surface area is 162 Å². The van der Waals surface area contributed by atoms with Crippen molar-refractivity contribution in [2.24, 2.45) is 0 Å². The van der Waals surface area contributed by atoms with Crippen LogP contribution in [-0.2, 0) is 0 Å². The van der Waals surface area contributed by atoms with Gasteiger partial charge in [0.1, 0.15) is 11.5 Å². The van der Waals surface area contributed by atoms with E-state index in [2.05, 4.69) is 44.0 Å². The number of hydrogen-bond acceptors (Lipinski definition) is 4. The van der Waals surface area contributed by atoms with Gasteiger partial charge in [0.2, 0.25) is 0 Å². The van der Waals surface area contributed by atoms with Gasteiger partial charge in [0.25, 0.3) is 0 Å². The van der Waals surface area contributed by atoms with E-state index < -0.39 is 0 Å². The van der Waals surface area contributed by atoms with Crippen molar-refractivity contribution >= 4 is 0 Å². The molecule has 1 saturated carbocycles. The maximum Gasteiger partial charge on any atom is 0.115 e. The minimum absolute atomic E-state index is 0.548. The summed E-state index contributed by atoms with van der Waals surface area (Å²) in [5.41, 5.74) is 7.14. The fraction of sp³-hybridized carbons (Fsp3) is 0.273. The smallest absolute Gasteiger partial charge is 0.115 e. The van der Waals surface area contributed by atoms with Gasteiger partial charge in [0.15, 0.2) is 0 Å². The lowest BCUT2D eigenvalue weighted by Gasteiger charge is -2.17. The molecule has 1 N–H and O–H groups in total. The molecule has 2 aliphatic rings. The predicted octanol–water partition coefficient (Wildman–Crippen LogP) is 4.53. The van der Waals surface area contributed by atoms with Gasteiger partial charge in [-0.2, -0.15) is 5.10 Å². The van der Waals surface area contributed by atoms with Crippen molar-refractivity contribution in [1.82, 2.24) is 29.7 Å². The standard InChI is InChI=1S/C22H20N6/c1-13-3-2-4-18(26-13)20-21(28-17-6-5-15(9-17)22(28)27-20)14-7-8-23-19(10-14)16-11-24-25-12-16/h2-4,7-8,10-12,15,17H,5-6,9H2,1H3,(H,24,25). The molecule has 1 aliphatic heterocycles. The Bertz CT molecular complexity index is 1170. The van der Waals surface area contributed by atoms with E-state index in [-0.39, 0.29) is 0 Å². The minimum atomic E-state index is 0.548. The van der Waals surface area contributed by atoms with E-state index in [4.69, 9.17) is 9.97 Å². The Morgan fingerprint density at radius 2 is 2.04 bits per heavy atom. The third-order valence-electron chi connectivity index (χ3n) is 6.03. The van der Waals surface area contributed by atoms with Crippen molar-refractivity contribution in [3.8, 4) is 33.9 Å². The molecule has 138 valence electrons. The van der Waals surface area contributed by atoms with Crippen LogP contribution in [0.2, 0.25) is 0 Å². The van der Waals surface area contributed by atoms with Crippen molar-refractivity contribution in [2.75, 3.05) is 0 Å². The van der Waals surface area contributed by atoms with Gasteiger partial charge in [-0.3, -0.25) is 15.1 Å². The van der Waals surface area contributed by atoms with E-state index in [0.29, 0.717) is 12.0 Å². The monoisotopic (exact) mass is 368 g/mol. The van der Waals surface area contributed by atoms with Crippen LogP contribution in [0.15, 0.2) is 48.9 Å². The molecule has 28 heavy (non-hydrogen) atoms. The Morgan fingerprint density at radius 1 is 1.07 bits per heavy atom. The molecular weight excluding hydrogens is 348 g/mol. The van der Waals surface area contributed by atoms with Crippen molar-refractivity contribution in [2.45, 2.75) is 38.1 Å². The first-order valence-electron chi connectivity index (χ1n) is 9.79. The lowest BCUT2D eigenvalue weighted by atomic mass is 10.1. The van der Waals surface area contributed by atoms with Gasteiger partial charge in [-0.15, -0.1) is 0 Å². The molecule has 0 spiro atoms. The topological polar surface area (TPSA) is 72.3 Å². The zero-order chi connectivity index (χ0) is 18.7. The van der Waals surface area contributed by atoms with Crippen LogP contribution in [0.4, 0.5) is 0 Å². The van der Waals surface area contributed by atoms with Crippen molar-refractivity contribution in [1.29, 1.82) is 0 Å². The molecule has 1 fully saturated rings. The van der Waals surface area contributed by atoms with Gasteiger partial charge in [-0.05, 0) is 50.5 Å². The van der Waals surface area contributed by atoms with Crippen LogP contribution < -0.4 is 0 Å². The SMILES string of the molecule is Cc1cccc(-c2nc3n(c2-c2ccnc(-c4cn[nH]c4)c2)C2CCC3C2)n1. The van der Waals surface area contributed by atoms with Crippen LogP contribution in [0.25, 0.3) is 33.9 Å². The lowest BCUT2D eigenvalue weighted by Crippen LogP contribution is -2.08. The highest BCUT2D eigenvalue weighted by Gasteiger charge is 2.41. The van der Waals surface area contributed by atoms with Crippen LogP contribution in [-0.4, -0.2) is 29.7 Å². The summed E-state index contributed by atoms with van der Waals surface area (Å²) in [5.74, 6) is 1.81. The van der Waals surface area contributed by atoms with Gasteiger partial charge in [0.05, 0.1) is 23.3 Å². The summed E-state index contributed by atoms with van der Waals surface area (Å²) in [7, 11) is 0. The van der Waals surface area contributed by atoms with Gasteiger partial charge in [-0.25, -0.2) is 4.98 Å². The molecule has 6 heteroatoms. The molecule has 0 saturated heterocycles. The maximum absolute atomic E-state index is 5.12. The Hall–Kier alpha value is -3.28. The Kier molecular flexibility index (Phi) is 3.29. The molecule has 4 aromatic heterocycles. The summed E-state index contributed by atoms with van der Waals surface area (Å²) in [6.45, 7) is 2.03. The molecular formula is C22H20N6. The average molecular weight is 368 g/mol. The highest BCUT2D eigenvalue weighted by atomic mass is 15.2. The predicted molar refractivity (Wildman–Crippen MR) is 107 cm³/mol. The molecule has 2 bridgehead atoms. The largest absolute Gasteiger partial charge is 0.324 e. The van der Waals surface area contributed by atoms with E-state index in [1.807, 2.05) is 25.4 Å². The van der Waals surface area contributed by atoms with Gasteiger partial charge in [0, 0.05) is 41.2 Å². The summed E-state index contributed by atoms with van der Waals surface area (Å²) in [5, 5.41) is 6.93. The second-order valence-corrected chi connectivity index (χ2v) is 7.78. The van der Waals surface area contributed by atoms with Crippen molar-refractivity contribution < 1.29 is 0 Å². The molecule has 0 aromatic carbocycles. The molecule has 4 aromatic rings. The highest BCUT2D eigenvalue weighted by molar-refractivity contribution is 5.80. The average Bonchev–Trinajstić information content (AvgIpc) is 3.50. The van der Waals surface area contributed by atoms with E-state index in [0.717, 1.165) is 33.9 Å². The van der Waals surface area contributed by atoms with E-state index in [1.54, 1.807) is 6.20 Å². The molecule has 1 aliphatic carbocycles. The number of H-pyrrole nitrogens is 1. The van der Waals surface area contributed by atoms with Gasteiger partial charge >= 0.3 is 0 Å². The van der Waals surface area contributed by atoms with Crippen LogP contribution in [0.1, 0.15) is 42.7 Å². The zero-order valence-electron chi connectivity index (χ0n) is 15.6. The number of imidazole rings is 1. The number of pyridine rings is 2. The summed E-state index contributed by atoms with van der Waals surface area (Å²) in [6.07, 6.45) is 9.25. The number of aromatic nitrogens is 6. The maximum atomic E-state index is 5.12. The number of nitrogens with zero attached hydrogens (tertiary/aromatic N) is 5. The van der Waals surface area contributed by atoms with Crippen LogP contribution in [0.5, 0.6) is 0 Å². The molecule has 2 unspecified atom stereocenters. The number of hydrogen-bond donors (Lipinski definition) is 1. The highest BCUT2D eigenvalue weighted by Crippen LogP contribution is 2.52. The first-order valence-corrected chi connectivity index (χ1v) is 9.79. The third kappa shape index (κ3) is 2.27. The first-order chi connectivity index (χ1) is 13.8. The van der Waals surface area contributed by atoms with E-state index in [1.165, 1.54) is 30.8 Å². The van der Waals surface area contributed by atoms with Crippen molar-refractivity contribution in [3.05, 3.63) is 60.4 Å². The van der Waals surface area contributed by atoms with Crippen LogP contribution in [0.3, 0.4) is 0 Å². The second kappa shape index (κ2) is 5.86. The number of nitrogens with one attached hydrogen (secondary N) is 1. The normalized spacial score (nSPS) is 19.9. The van der Waals surface area contributed by atoms with Gasteiger partial charge < -0.3 is 4.57 Å². The molecule has 0 amide bonds. The van der Waals surface area contributed by atoms with Crippen LogP contribution >= 0.6 is 0 Å². The fourth-order valence-electron chi connectivity index (χ4n) is 4.79. The second-order valence-electron chi connectivity index (χ2n) is 7.78. The molecule has 6 rings (SSSR count). The number of rotatable bonds is 3. The van der Waals surface area contributed by atoms with Crippen LogP contribution in [0, 0.1) is 6.92 Å². The number of fused-ring (bicyclic) bond motifs is 5. The van der Waals surface area contributed by atoms with Crippen molar-refractivity contribution in [3.63, 3.8) is 0 Å². The minimum Gasteiger partial charge on any atom is -0.324 e. The number of aromatic amines is 1. The molecule has 6 nitrogen and oxygen atoms in total. The van der Waals surface area contributed by atoms with E-state index in [9.17, 15) is 0 Å². The molecule has 0 radical (unpaired) electrons. The summed E-state index contributed by atoms with van der Waals surface area (Å²) in [6, 6.07) is 10.9. The summed E-state index contributed by atoms with van der Waals surface area (Å²) < 4.78 is 2.47. The molecule has 2 atom stereocenters. The van der Waals surface area contributed by atoms with E-state index >= 15 is 0 Å². The quantitative estimate of drug-likeness (QED) is 0.577. The summed E-state index contributed by atoms with van der Waals surface area (Å²) in [4.78, 5) is 14.4. The lowest BCUT2D eigenvalue weighted by molar-refractivity contribution is 0.530. The van der Waals surface area contributed by atoms with Gasteiger partial charge in [-0.1, -0.05) is 6.07 Å². The molecule has 5 heterocycles. The fourth-order valence-corrected chi connectivity index (χ4v) is 4.79. The number of aryl methyl sites for hydroxylation is 1. The Morgan fingerprint density at radius 3 is 2.89 bits per heavy atom. The Balaban J connectivity index is 1.59. The first kappa shape index (κ1) is 15.7. The third-order valence-corrected chi connectivity index (χ3v) is 6.03. The zero-order valence-corrected chi connectivity index (χ0v) is 15.6. The summed E-state index contributed by atoms with van der Waals surface area (Å²) >= 11 is 0.